The van der Waals surface area contributed by atoms with E-state index in [4.69, 9.17) is 5.73 Å². The van der Waals surface area contributed by atoms with Crippen LogP contribution in [0.15, 0.2) is 24.3 Å². The second-order valence-electron chi connectivity index (χ2n) is 5.34. The van der Waals surface area contributed by atoms with Crippen LogP contribution in [0.25, 0.3) is 0 Å². The van der Waals surface area contributed by atoms with Crippen LogP contribution in [0.1, 0.15) is 48.5 Å². The zero-order valence-electron chi connectivity index (χ0n) is 11.4. The summed E-state index contributed by atoms with van der Waals surface area (Å²) in [6, 6.07) is 7.88. The standard InChI is InChI=1S/C15H22N2O.ClH/c1-11-3-2-4-14(9-11)17-15(18)13-7-5-12(10-16)6-8-13;/h5-8,11,14H,2-4,9-10,16H2,1H3,(H,17,18);1H. The van der Waals surface area contributed by atoms with Gasteiger partial charge in [0.15, 0.2) is 0 Å². The molecule has 106 valence electrons. The Morgan fingerprint density at radius 2 is 2.00 bits per heavy atom. The number of amides is 1. The molecule has 1 fully saturated rings. The first-order chi connectivity index (χ1) is 8.69. The van der Waals surface area contributed by atoms with E-state index < -0.39 is 0 Å². The summed E-state index contributed by atoms with van der Waals surface area (Å²) in [5.74, 6) is 0.765. The molecule has 4 heteroatoms. The fourth-order valence-electron chi connectivity index (χ4n) is 2.63. The van der Waals surface area contributed by atoms with Gasteiger partial charge in [0, 0.05) is 18.2 Å². The van der Waals surface area contributed by atoms with E-state index in [9.17, 15) is 4.79 Å². The molecule has 2 atom stereocenters. The minimum Gasteiger partial charge on any atom is -0.349 e. The number of nitrogens with one attached hydrogen (secondary N) is 1. The topological polar surface area (TPSA) is 55.1 Å². The molecule has 19 heavy (non-hydrogen) atoms. The molecule has 1 saturated carbocycles. The van der Waals surface area contributed by atoms with Crippen LogP contribution in [-0.4, -0.2) is 11.9 Å². The number of hydrogen-bond acceptors (Lipinski definition) is 2. The van der Waals surface area contributed by atoms with Gasteiger partial charge in [-0.05, 0) is 36.5 Å². The second-order valence-corrected chi connectivity index (χ2v) is 5.34. The maximum absolute atomic E-state index is 12.1. The molecular weight excluding hydrogens is 260 g/mol. The summed E-state index contributed by atoms with van der Waals surface area (Å²) in [7, 11) is 0. The summed E-state index contributed by atoms with van der Waals surface area (Å²) >= 11 is 0. The lowest BCUT2D eigenvalue weighted by Gasteiger charge is -2.27. The molecule has 0 saturated heterocycles. The highest BCUT2D eigenvalue weighted by atomic mass is 35.5. The Balaban J connectivity index is 0.00000180. The van der Waals surface area contributed by atoms with Crippen molar-refractivity contribution in [3.63, 3.8) is 0 Å². The molecule has 2 rings (SSSR count). The molecule has 1 aromatic rings. The van der Waals surface area contributed by atoms with Crippen LogP contribution in [0.5, 0.6) is 0 Å². The van der Waals surface area contributed by atoms with Gasteiger partial charge in [-0.25, -0.2) is 0 Å². The van der Waals surface area contributed by atoms with Crippen LogP contribution >= 0.6 is 12.4 Å². The van der Waals surface area contributed by atoms with Crippen molar-refractivity contribution < 1.29 is 4.79 Å². The maximum Gasteiger partial charge on any atom is 0.251 e. The van der Waals surface area contributed by atoms with Crippen molar-refractivity contribution >= 4 is 18.3 Å². The average molecular weight is 283 g/mol. The summed E-state index contributed by atoms with van der Waals surface area (Å²) in [6.45, 7) is 2.77. The van der Waals surface area contributed by atoms with Crippen LogP contribution < -0.4 is 11.1 Å². The summed E-state index contributed by atoms with van der Waals surface area (Å²) in [5.41, 5.74) is 7.32. The van der Waals surface area contributed by atoms with Gasteiger partial charge < -0.3 is 11.1 Å². The minimum absolute atomic E-state index is 0. The van der Waals surface area contributed by atoms with Crippen LogP contribution in [0.2, 0.25) is 0 Å². The van der Waals surface area contributed by atoms with Gasteiger partial charge >= 0.3 is 0 Å². The second kappa shape index (κ2) is 7.51. The Kier molecular flexibility index (Phi) is 6.32. The smallest absolute Gasteiger partial charge is 0.251 e. The van der Waals surface area contributed by atoms with E-state index in [0.29, 0.717) is 12.6 Å². The third-order valence-corrected chi connectivity index (χ3v) is 3.72. The van der Waals surface area contributed by atoms with Crippen molar-refractivity contribution in [2.24, 2.45) is 11.7 Å². The Labute approximate surface area is 121 Å². The van der Waals surface area contributed by atoms with Gasteiger partial charge in [0.05, 0.1) is 0 Å². The van der Waals surface area contributed by atoms with Gasteiger partial charge in [-0.2, -0.15) is 0 Å². The van der Waals surface area contributed by atoms with Crippen molar-refractivity contribution in [1.82, 2.24) is 5.32 Å². The molecule has 1 amide bonds. The maximum atomic E-state index is 12.1. The molecular formula is C15H23ClN2O. The zero-order chi connectivity index (χ0) is 13.0. The number of nitrogens with two attached hydrogens (primary N) is 1. The van der Waals surface area contributed by atoms with E-state index in [2.05, 4.69) is 12.2 Å². The van der Waals surface area contributed by atoms with Gasteiger partial charge in [-0.3, -0.25) is 4.79 Å². The number of halogens is 1. The highest BCUT2D eigenvalue weighted by Gasteiger charge is 2.20. The zero-order valence-corrected chi connectivity index (χ0v) is 12.2. The largest absolute Gasteiger partial charge is 0.349 e. The molecule has 0 spiro atoms. The number of hydrogen-bond donors (Lipinski definition) is 2. The van der Waals surface area contributed by atoms with Crippen molar-refractivity contribution in [1.29, 1.82) is 0 Å². The van der Waals surface area contributed by atoms with Gasteiger partial charge in [0.25, 0.3) is 5.91 Å². The number of carbonyl (C=O) groups excluding carboxylic acids is 1. The van der Waals surface area contributed by atoms with E-state index in [0.717, 1.165) is 29.9 Å². The molecule has 0 radical (unpaired) electrons. The molecule has 3 nitrogen and oxygen atoms in total. The molecule has 1 aliphatic carbocycles. The molecule has 0 aromatic heterocycles. The highest BCUT2D eigenvalue weighted by molar-refractivity contribution is 5.94. The molecule has 0 bridgehead atoms. The number of carbonyl (C=O) groups is 1. The third-order valence-electron chi connectivity index (χ3n) is 3.72. The molecule has 1 aliphatic rings. The summed E-state index contributed by atoms with van der Waals surface area (Å²) in [4.78, 5) is 12.1. The normalized spacial score (nSPS) is 22.4. The molecule has 2 unspecified atom stereocenters. The van der Waals surface area contributed by atoms with E-state index in [-0.39, 0.29) is 18.3 Å². The number of benzene rings is 1. The molecule has 1 aromatic carbocycles. The van der Waals surface area contributed by atoms with Crippen molar-refractivity contribution in [3.8, 4) is 0 Å². The van der Waals surface area contributed by atoms with Crippen LogP contribution in [0, 0.1) is 5.92 Å². The van der Waals surface area contributed by atoms with Gasteiger partial charge in [-0.1, -0.05) is 31.9 Å². The average Bonchev–Trinajstić information content (AvgIpc) is 2.39. The van der Waals surface area contributed by atoms with Gasteiger partial charge in [0.2, 0.25) is 0 Å². The number of rotatable bonds is 3. The molecule has 0 heterocycles. The molecule has 0 aliphatic heterocycles. The Morgan fingerprint density at radius 1 is 1.32 bits per heavy atom. The fraction of sp³-hybridized carbons (Fsp3) is 0.533. The Bertz CT molecular complexity index is 405. The highest BCUT2D eigenvalue weighted by Crippen LogP contribution is 2.23. The fourth-order valence-corrected chi connectivity index (χ4v) is 2.63. The monoisotopic (exact) mass is 282 g/mol. The predicted molar refractivity (Wildman–Crippen MR) is 80.5 cm³/mol. The minimum atomic E-state index is 0. The quantitative estimate of drug-likeness (QED) is 0.896. The first-order valence-electron chi connectivity index (χ1n) is 6.79. The molecule has 3 N–H and O–H groups in total. The SMILES string of the molecule is CC1CCCC(NC(=O)c2ccc(CN)cc2)C1.Cl. The van der Waals surface area contributed by atoms with Crippen LogP contribution in [-0.2, 0) is 6.54 Å². The summed E-state index contributed by atoms with van der Waals surface area (Å²) < 4.78 is 0. The Hall–Kier alpha value is -1.06. The van der Waals surface area contributed by atoms with E-state index in [1.165, 1.54) is 12.8 Å². The van der Waals surface area contributed by atoms with E-state index in [1.807, 2.05) is 24.3 Å². The first-order valence-corrected chi connectivity index (χ1v) is 6.79. The van der Waals surface area contributed by atoms with Crippen LogP contribution in [0.3, 0.4) is 0 Å². The van der Waals surface area contributed by atoms with Crippen LogP contribution in [0.4, 0.5) is 0 Å². The third kappa shape index (κ3) is 4.51. The van der Waals surface area contributed by atoms with Crippen molar-refractivity contribution in [3.05, 3.63) is 35.4 Å². The van der Waals surface area contributed by atoms with Gasteiger partial charge in [0.1, 0.15) is 0 Å². The predicted octanol–water partition coefficient (Wildman–Crippen LogP) is 2.88. The summed E-state index contributed by atoms with van der Waals surface area (Å²) in [5, 5.41) is 3.13. The lowest BCUT2D eigenvalue weighted by Crippen LogP contribution is -2.37. The van der Waals surface area contributed by atoms with E-state index in [1.54, 1.807) is 0 Å². The lowest BCUT2D eigenvalue weighted by atomic mass is 9.87. The van der Waals surface area contributed by atoms with E-state index >= 15 is 0 Å². The van der Waals surface area contributed by atoms with Crippen molar-refractivity contribution in [2.45, 2.75) is 45.2 Å². The van der Waals surface area contributed by atoms with Crippen molar-refractivity contribution in [2.75, 3.05) is 0 Å². The Morgan fingerprint density at radius 3 is 2.58 bits per heavy atom. The lowest BCUT2D eigenvalue weighted by molar-refractivity contribution is 0.0921. The van der Waals surface area contributed by atoms with Gasteiger partial charge in [-0.15, -0.1) is 12.4 Å². The summed E-state index contributed by atoms with van der Waals surface area (Å²) in [6.07, 6.45) is 4.72. The first kappa shape index (κ1) is 16.0.